The third-order valence-electron chi connectivity index (χ3n) is 5.21. The molecule has 2 aromatic carbocycles. The van der Waals surface area contributed by atoms with E-state index < -0.39 is 0 Å². The number of fused-ring (bicyclic) bond motifs is 1. The summed E-state index contributed by atoms with van der Waals surface area (Å²) < 4.78 is 20.4. The molecule has 2 heterocycles. The van der Waals surface area contributed by atoms with Gasteiger partial charge in [0.2, 0.25) is 5.91 Å². The van der Waals surface area contributed by atoms with E-state index in [1.54, 1.807) is 0 Å². The van der Waals surface area contributed by atoms with Gasteiger partial charge < -0.3 is 19.5 Å². The van der Waals surface area contributed by atoms with Crippen molar-refractivity contribution in [1.29, 1.82) is 0 Å². The molecule has 0 unspecified atom stereocenters. The predicted molar refractivity (Wildman–Crippen MR) is 119 cm³/mol. The van der Waals surface area contributed by atoms with Crippen molar-refractivity contribution < 1.29 is 18.7 Å². The zero-order chi connectivity index (χ0) is 21.6. The van der Waals surface area contributed by atoms with Crippen LogP contribution in [0.25, 0.3) is 10.9 Å². The van der Waals surface area contributed by atoms with Crippen LogP contribution in [0.4, 0.5) is 4.39 Å². The van der Waals surface area contributed by atoms with E-state index in [1.807, 2.05) is 35.4 Å². The topological polar surface area (TPSA) is 63.6 Å². The number of hydrogen-bond donors (Lipinski definition) is 1. The van der Waals surface area contributed by atoms with Crippen LogP contribution in [-0.4, -0.2) is 59.9 Å². The van der Waals surface area contributed by atoms with Crippen molar-refractivity contribution in [3.05, 3.63) is 66.1 Å². The zero-order valence-electron chi connectivity index (χ0n) is 17.1. The Kier molecular flexibility index (Phi) is 6.89. The van der Waals surface area contributed by atoms with E-state index in [0.717, 1.165) is 15.8 Å². The number of ether oxygens (including phenoxy) is 1. The standard InChI is InChI=1S/C23H24FN3O3S/c24-18-7-5-17(6-8-18)23(29)25-9-10-27-15-21(19-3-1-2-4-20(19)27)31-16-22(28)26-11-13-30-14-12-26/h1-8,15H,9-14,16H2,(H,25,29). The van der Waals surface area contributed by atoms with Crippen LogP contribution >= 0.6 is 11.8 Å². The number of morpholine rings is 1. The van der Waals surface area contributed by atoms with Gasteiger partial charge in [-0.1, -0.05) is 18.2 Å². The molecule has 0 radical (unpaired) electrons. The molecule has 4 rings (SSSR count). The number of rotatable bonds is 7. The third-order valence-corrected chi connectivity index (χ3v) is 6.24. The predicted octanol–water partition coefficient (Wildman–Crippen LogP) is 3.16. The molecule has 8 heteroatoms. The van der Waals surface area contributed by atoms with Crippen LogP contribution in [-0.2, 0) is 16.1 Å². The van der Waals surface area contributed by atoms with Crippen LogP contribution in [0.15, 0.2) is 59.6 Å². The zero-order valence-corrected chi connectivity index (χ0v) is 17.9. The molecule has 0 atom stereocenters. The highest BCUT2D eigenvalue weighted by molar-refractivity contribution is 8.00. The largest absolute Gasteiger partial charge is 0.378 e. The summed E-state index contributed by atoms with van der Waals surface area (Å²) in [6, 6.07) is 13.5. The fourth-order valence-corrected chi connectivity index (χ4v) is 4.54. The van der Waals surface area contributed by atoms with Crippen LogP contribution in [0.2, 0.25) is 0 Å². The van der Waals surface area contributed by atoms with Gasteiger partial charge in [0.1, 0.15) is 5.82 Å². The van der Waals surface area contributed by atoms with Gasteiger partial charge in [0, 0.05) is 53.7 Å². The lowest BCUT2D eigenvalue weighted by atomic mass is 10.2. The Labute approximate surface area is 184 Å². The highest BCUT2D eigenvalue weighted by Gasteiger charge is 2.18. The van der Waals surface area contributed by atoms with Gasteiger partial charge in [-0.05, 0) is 30.3 Å². The molecule has 3 aromatic rings. The van der Waals surface area contributed by atoms with Gasteiger partial charge in [-0.3, -0.25) is 9.59 Å². The van der Waals surface area contributed by atoms with Crippen molar-refractivity contribution in [3.8, 4) is 0 Å². The van der Waals surface area contributed by atoms with Crippen molar-refractivity contribution in [2.45, 2.75) is 11.4 Å². The van der Waals surface area contributed by atoms with Crippen molar-refractivity contribution in [2.24, 2.45) is 0 Å². The number of carbonyl (C=O) groups excluding carboxylic acids is 2. The molecule has 1 fully saturated rings. The summed E-state index contributed by atoms with van der Waals surface area (Å²) in [5, 5.41) is 3.96. The number of halogens is 1. The number of amides is 2. The first-order valence-electron chi connectivity index (χ1n) is 10.2. The quantitative estimate of drug-likeness (QED) is 0.572. The van der Waals surface area contributed by atoms with Crippen molar-refractivity contribution in [3.63, 3.8) is 0 Å². The summed E-state index contributed by atoms with van der Waals surface area (Å²) in [6.45, 7) is 3.51. The third kappa shape index (κ3) is 5.26. The average Bonchev–Trinajstić information content (AvgIpc) is 3.16. The Morgan fingerprint density at radius 3 is 2.58 bits per heavy atom. The highest BCUT2D eigenvalue weighted by Crippen LogP contribution is 2.30. The molecule has 1 aliphatic heterocycles. The van der Waals surface area contributed by atoms with Crippen LogP contribution in [0, 0.1) is 5.82 Å². The van der Waals surface area contributed by atoms with Gasteiger partial charge in [-0.2, -0.15) is 0 Å². The summed E-state index contributed by atoms with van der Waals surface area (Å²) in [6.07, 6.45) is 2.03. The Morgan fingerprint density at radius 2 is 1.81 bits per heavy atom. The minimum absolute atomic E-state index is 0.122. The number of nitrogens with zero attached hydrogens (tertiary/aromatic N) is 2. The van der Waals surface area contributed by atoms with Gasteiger partial charge in [0.05, 0.1) is 19.0 Å². The van der Waals surface area contributed by atoms with E-state index in [9.17, 15) is 14.0 Å². The fraction of sp³-hybridized carbons (Fsp3) is 0.304. The van der Waals surface area contributed by atoms with Crippen LogP contribution in [0.3, 0.4) is 0 Å². The van der Waals surface area contributed by atoms with Crippen molar-refractivity contribution >= 4 is 34.5 Å². The van der Waals surface area contributed by atoms with Crippen LogP contribution in [0.5, 0.6) is 0 Å². The second-order valence-corrected chi connectivity index (χ2v) is 8.27. The summed E-state index contributed by atoms with van der Waals surface area (Å²) >= 11 is 1.53. The van der Waals surface area contributed by atoms with E-state index in [1.165, 1.54) is 36.0 Å². The van der Waals surface area contributed by atoms with Crippen LogP contribution < -0.4 is 5.32 Å². The Bertz CT molecular complexity index is 1060. The molecule has 6 nitrogen and oxygen atoms in total. The molecule has 31 heavy (non-hydrogen) atoms. The van der Waals surface area contributed by atoms with Crippen molar-refractivity contribution in [1.82, 2.24) is 14.8 Å². The highest BCUT2D eigenvalue weighted by atomic mass is 32.2. The second kappa shape index (κ2) is 9.98. The van der Waals surface area contributed by atoms with Gasteiger partial charge in [-0.25, -0.2) is 4.39 Å². The fourth-order valence-electron chi connectivity index (χ4n) is 3.55. The maximum absolute atomic E-state index is 13.0. The molecule has 0 spiro atoms. The lowest BCUT2D eigenvalue weighted by Gasteiger charge is -2.26. The monoisotopic (exact) mass is 441 g/mol. The number of benzene rings is 2. The number of nitrogens with one attached hydrogen (secondary N) is 1. The molecule has 2 amide bonds. The van der Waals surface area contributed by atoms with E-state index in [2.05, 4.69) is 9.88 Å². The SMILES string of the molecule is O=C(NCCn1cc(SCC(=O)N2CCOCC2)c2ccccc21)c1ccc(F)cc1. The molecule has 1 aromatic heterocycles. The smallest absolute Gasteiger partial charge is 0.251 e. The molecular formula is C23H24FN3O3S. The molecule has 0 saturated carbocycles. The molecule has 1 aliphatic rings. The molecule has 162 valence electrons. The summed E-state index contributed by atoms with van der Waals surface area (Å²) in [5.74, 6) is -0.0960. The van der Waals surface area contributed by atoms with Crippen LogP contribution in [0.1, 0.15) is 10.4 Å². The molecule has 0 bridgehead atoms. The van der Waals surface area contributed by atoms with E-state index in [4.69, 9.17) is 4.74 Å². The maximum atomic E-state index is 13.0. The number of hydrogen-bond acceptors (Lipinski definition) is 4. The van der Waals surface area contributed by atoms with E-state index >= 15 is 0 Å². The van der Waals surface area contributed by atoms with Gasteiger partial charge >= 0.3 is 0 Å². The maximum Gasteiger partial charge on any atom is 0.251 e. The van der Waals surface area contributed by atoms with Gasteiger partial charge in [0.15, 0.2) is 0 Å². The number of thioether (sulfide) groups is 1. The number of carbonyl (C=O) groups is 2. The molecular weight excluding hydrogens is 417 g/mol. The first-order chi connectivity index (χ1) is 15.1. The Hall–Kier alpha value is -2.84. The summed E-state index contributed by atoms with van der Waals surface area (Å²) in [5.41, 5.74) is 1.48. The average molecular weight is 442 g/mol. The number of aromatic nitrogens is 1. The van der Waals surface area contributed by atoms with Gasteiger partial charge in [-0.15, -0.1) is 11.8 Å². The minimum atomic E-state index is -0.368. The normalized spacial score (nSPS) is 14.0. The first kappa shape index (κ1) is 21.4. The van der Waals surface area contributed by atoms with E-state index in [-0.39, 0.29) is 17.6 Å². The Morgan fingerprint density at radius 1 is 1.06 bits per heavy atom. The summed E-state index contributed by atoms with van der Waals surface area (Å²) in [7, 11) is 0. The van der Waals surface area contributed by atoms with E-state index in [0.29, 0.717) is 50.7 Å². The Balaban J connectivity index is 1.38. The lowest BCUT2D eigenvalue weighted by Crippen LogP contribution is -2.41. The number of para-hydroxylation sites is 1. The lowest BCUT2D eigenvalue weighted by molar-refractivity contribution is -0.132. The van der Waals surface area contributed by atoms with Gasteiger partial charge in [0.25, 0.3) is 5.91 Å². The molecule has 1 saturated heterocycles. The second-order valence-electron chi connectivity index (χ2n) is 7.25. The summed E-state index contributed by atoms with van der Waals surface area (Å²) in [4.78, 5) is 27.6. The molecule has 1 N–H and O–H groups in total. The first-order valence-corrected chi connectivity index (χ1v) is 11.2. The molecule has 0 aliphatic carbocycles. The minimum Gasteiger partial charge on any atom is -0.378 e. The van der Waals surface area contributed by atoms with Crippen molar-refractivity contribution in [2.75, 3.05) is 38.6 Å².